The SMILES string of the molecule is C=C1C(C2=NC(Cl)C=N2)=CC=CN1C. The molecule has 2 aliphatic rings. The van der Waals surface area contributed by atoms with Crippen LogP contribution in [0.25, 0.3) is 0 Å². The fraction of sp³-hybridized carbons (Fsp3) is 0.200. The van der Waals surface area contributed by atoms with Crippen LogP contribution >= 0.6 is 11.6 Å². The van der Waals surface area contributed by atoms with Gasteiger partial charge in [0.25, 0.3) is 0 Å². The van der Waals surface area contributed by atoms with E-state index >= 15 is 0 Å². The molecule has 1 unspecified atom stereocenters. The summed E-state index contributed by atoms with van der Waals surface area (Å²) in [6, 6.07) is 0. The third kappa shape index (κ3) is 1.51. The first-order valence-electron chi connectivity index (χ1n) is 4.25. The van der Waals surface area contributed by atoms with Crippen LogP contribution in [-0.2, 0) is 0 Å². The Morgan fingerprint density at radius 2 is 2.36 bits per heavy atom. The number of hydrogen-bond acceptors (Lipinski definition) is 3. The minimum atomic E-state index is -0.338. The Morgan fingerprint density at radius 1 is 1.57 bits per heavy atom. The number of alkyl halides is 1. The Morgan fingerprint density at radius 3 is 3.00 bits per heavy atom. The van der Waals surface area contributed by atoms with Crippen LogP contribution in [0.1, 0.15) is 0 Å². The van der Waals surface area contributed by atoms with E-state index in [1.165, 1.54) is 0 Å². The Labute approximate surface area is 87.8 Å². The van der Waals surface area contributed by atoms with Crippen molar-refractivity contribution in [3.63, 3.8) is 0 Å². The summed E-state index contributed by atoms with van der Waals surface area (Å²) >= 11 is 5.78. The number of hydrogen-bond donors (Lipinski definition) is 0. The van der Waals surface area contributed by atoms with E-state index in [0.717, 1.165) is 11.3 Å². The van der Waals surface area contributed by atoms with Gasteiger partial charge in [-0.1, -0.05) is 18.2 Å². The van der Waals surface area contributed by atoms with Gasteiger partial charge in [0.15, 0.2) is 11.3 Å². The minimum absolute atomic E-state index is 0.338. The summed E-state index contributed by atoms with van der Waals surface area (Å²) in [7, 11) is 1.93. The van der Waals surface area contributed by atoms with Gasteiger partial charge in [0.1, 0.15) is 0 Å². The van der Waals surface area contributed by atoms with Crippen LogP contribution in [0.4, 0.5) is 0 Å². The number of aliphatic imine (C=N–C) groups is 2. The third-order valence-electron chi connectivity index (χ3n) is 2.12. The van der Waals surface area contributed by atoms with E-state index < -0.39 is 0 Å². The number of rotatable bonds is 1. The molecule has 0 saturated heterocycles. The molecule has 0 amide bonds. The molecule has 72 valence electrons. The lowest BCUT2D eigenvalue weighted by Crippen LogP contribution is -2.17. The molecule has 0 bridgehead atoms. The van der Waals surface area contributed by atoms with Gasteiger partial charge >= 0.3 is 0 Å². The highest BCUT2D eigenvalue weighted by atomic mass is 35.5. The van der Waals surface area contributed by atoms with Crippen molar-refractivity contribution >= 4 is 23.7 Å². The van der Waals surface area contributed by atoms with Crippen LogP contribution in [0.3, 0.4) is 0 Å². The maximum atomic E-state index is 5.78. The summed E-state index contributed by atoms with van der Waals surface area (Å²) < 4.78 is 0. The number of likely N-dealkylation sites (N-methyl/N-ethyl adjacent to an activating group) is 1. The second-order valence-electron chi connectivity index (χ2n) is 3.08. The molecule has 0 aromatic heterocycles. The molecule has 0 aliphatic carbocycles. The standard InChI is InChI=1S/C10H10ClN3/c1-7-8(4-3-5-14(7)2)10-12-6-9(11)13-10/h3-6,9H,1H2,2H3. The van der Waals surface area contributed by atoms with Gasteiger partial charge in [-0.15, -0.1) is 0 Å². The second kappa shape index (κ2) is 3.42. The van der Waals surface area contributed by atoms with Crippen molar-refractivity contribution in [1.29, 1.82) is 0 Å². The molecule has 0 saturated carbocycles. The highest BCUT2D eigenvalue weighted by Gasteiger charge is 2.18. The molecular weight excluding hydrogens is 198 g/mol. The van der Waals surface area contributed by atoms with E-state index in [9.17, 15) is 0 Å². The number of allylic oxidation sites excluding steroid dienone is 2. The largest absolute Gasteiger partial charge is 0.351 e. The summed E-state index contributed by atoms with van der Waals surface area (Å²) in [6.45, 7) is 3.95. The van der Waals surface area contributed by atoms with E-state index in [1.807, 2.05) is 30.3 Å². The topological polar surface area (TPSA) is 28.0 Å². The third-order valence-corrected chi connectivity index (χ3v) is 2.33. The monoisotopic (exact) mass is 207 g/mol. The molecule has 0 aromatic carbocycles. The average molecular weight is 208 g/mol. The summed E-state index contributed by atoms with van der Waals surface area (Å²) in [5, 5.41) is 0. The van der Waals surface area contributed by atoms with Gasteiger partial charge in [-0.25, -0.2) is 9.98 Å². The van der Waals surface area contributed by atoms with Gasteiger partial charge in [0, 0.05) is 30.7 Å². The van der Waals surface area contributed by atoms with Crippen molar-refractivity contribution in [1.82, 2.24) is 4.90 Å². The van der Waals surface area contributed by atoms with Crippen LogP contribution in [0.2, 0.25) is 0 Å². The lowest BCUT2D eigenvalue weighted by atomic mass is 10.1. The van der Waals surface area contributed by atoms with E-state index in [0.29, 0.717) is 5.84 Å². The van der Waals surface area contributed by atoms with Gasteiger partial charge < -0.3 is 4.90 Å². The first kappa shape index (κ1) is 9.21. The lowest BCUT2D eigenvalue weighted by Gasteiger charge is -2.21. The molecule has 0 aromatic rings. The fourth-order valence-electron chi connectivity index (χ4n) is 1.30. The molecule has 2 heterocycles. The normalized spacial score (nSPS) is 25.4. The maximum Gasteiger partial charge on any atom is 0.161 e. The van der Waals surface area contributed by atoms with Crippen molar-refractivity contribution in [2.45, 2.75) is 5.50 Å². The molecule has 0 spiro atoms. The van der Waals surface area contributed by atoms with Gasteiger partial charge in [0.2, 0.25) is 0 Å². The first-order chi connectivity index (χ1) is 6.68. The minimum Gasteiger partial charge on any atom is -0.351 e. The maximum absolute atomic E-state index is 5.78. The van der Waals surface area contributed by atoms with Crippen molar-refractivity contribution in [3.05, 3.63) is 36.2 Å². The van der Waals surface area contributed by atoms with Gasteiger partial charge in [0.05, 0.1) is 0 Å². The van der Waals surface area contributed by atoms with Crippen molar-refractivity contribution in [2.75, 3.05) is 7.05 Å². The van der Waals surface area contributed by atoms with E-state index in [-0.39, 0.29) is 5.50 Å². The molecule has 3 nitrogen and oxygen atoms in total. The lowest BCUT2D eigenvalue weighted by molar-refractivity contribution is 0.581. The Balaban J connectivity index is 2.32. The molecule has 14 heavy (non-hydrogen) atoms. The molecule has 2 rings (SSSR count). The predicted molar refractivity (Wildman–Crippen MR) is 59.7 cm³/mol. The zero-order valence-corrected chi connectivity index (χ0v) is 8.57. The summed E-state index contributed by atoms with van der Waals surface area (Å²) in [5.41, 5.74) is 1.47. The highest BCUT2D eigenvalue weighted by Crippen LogP contribution is 2.21. The molecular formula is C10H10ClN3. The van der Waals surface area contributed by atoms with Crippen molar-refractivity contribution in [2.24, 2.45) is 9.98 Å². The molecule has 1 atom stereocenters. The zero-order valence-electron chi connectivity index (χ0n) is 7.81. The van der Waals surface area contributed by atoms with Crippen LogP contribution in [0.5, 0.6) is 0 Å². The molecule has 0 fully saturated rings. The number of halogens is 1. The molecule has 0 radical (unpaired) electrons. The second-order valence-corrected chi connectivity index (χ2v) is 3.53. The Kier molecular flexibility index (Phi) is 2.25. The first-order valence-corrected chi connectivity index (χ1v) is 4.69. The van der Waals surface area contributed by atoms with Crippen molar-refractivity contribution in [3.8, 4) is 0 Å². The number of amidine groups is 1. The Hall–Kier alpha value is -1.35. The summed E-state index contributed by atoms with van der Waals surface area (Å²) in [4.78, 5) is 10.2. The van der Waals surface area contributed by atoms with E-state index in [4.69, 9.17) is 11.6 Å². The fourth-order valence-corrected chi connectivity index (χ4v) is 1.45. The molecule has 0 N–H and O–H groups in total. The summed E-state index contributed by atoms with van der Waals surface area (Å²) in [5.74, 6) is 0.659. The van der Waals surface area contributed by atoms with E-state index in [2.05, 4.69) is 16.6 Å². The van der Waals surface area contributed by atoms with Crippen LogP contribution in [0, 0.1) is 0 Å². The van der Waals surface area contributed by atoms with Crippen LogP contribution in [0.15, 0.2) is 46.2 Å². The van der Waals surface area contributed by atoms with Crippen LogP contribution in [-0.4, -0.2) is 29.5 Å². The van der Waals surface area contributed by atoms with Crippen molar-refractivity contribution < 1.29 is 0 Å². The quantitative estimate of drug-likeness (QED) is 0.477. The Bertz CT molecular complexity index is 390. The molecule has 2 aliphatic heterocycles. The molecule has 4 heteroatoms. The summed E-state index contributed by atoms with van der Waals surface area (Å²) in [6.07, 6.45) is 7.42. The smallest absolute Gasteiger partial charge is 0.161 e. The van der Waals surface area contributed by atoms with E-state index in [1.54, 1.807) is 6.21 Å². The van der Waals surface area contributed by atoms with Crippen LogP contribution < -0.4 is 0 Å². The van der Waals surface area contributed by atoms with Gasteiger partial charge in [-0.2, -0.15) is 0 Å². The van der Waals surface area contributed by atoms with Gasteiger partial charge in [-0.3, -0.25) is 0 Å². The van der Waals surface area contributed by atoms with Gasteiger partial charge in [-0.05, 0) is 12.2 Å². The number of nitrogens with zero attached hydrogens (tertiary/aromatic N) is 3. The predicted octanol–water partition coefficient (Wildman–Crippen LogP) is 1.93. The highest BCUT2D eigenvalue weighted by molar-refractivity contribution is 6.31. The average Bonchev–Trinajstić information content (AvgIpc) is 2.57. The zero-order chi connectivity index (χ0) is 10.1.